The highest BCUT2D eigenvalue weighted by Gasteiger charge is 2.19. The van der Waals surface area contributed by atoms with Crippen LogP contribution in [-0.2, 0) is 28.6 Å². The van der Waals surface area contributed by atoms with E-state index < -0.39 is 6.10 Å². The van der Waals surface area contributed by atoms with Gasteiger partial charge in [0.25, 0.3) is 0 Å². The van der Waals surface area contributed by atoms with Crippen molar-refractivity contribution < 1.29 is 28.6 Å². The Morgan fingerprint density at radius 3 is 1.02 bits per heavy atom. The second-order valence-electron chi connectivity index (χ2n) is 17.4. The van der Waals surface area contributed by atoms with Crippen molar-refractivity contribution in [1.29, 1.82) is 0 Å². The fraction of sp³-hybridized carbons (Fsp3) is 0.707. The Balaban J connectivity index is 4.47. The number of carbonyl (C=O) groups is 3. The Morgan fingerprint density at radius 2 is 0.625 bits per heavy atom. The van der Waals surface area contributed by atoms with E-state index in [9.17, 15) is 14.4 Å². The lowest BCUT2D eigenvalue weighted by Crippen LogP contribution is -2.30. The van der Waals surface area contributed by atoms with Crippen molar-refractivity contribution in [3.8, 4) is 0 Å². The molecule has 6 heteroatoms. The van der Waals surface area contributed by atoms with Gasteiger partial charge >= 0.3 is 17.9 Å². The molecule has 0 aromatic carbocycles. The molecule has 0 aliphatic rings. The summed E-state index contributed by atoms with van der Waals surface area (Å²) >= 11 is 0. The van der Waals surface area contributed by atoms with Crippen molar-refractivity contribution in [3.05, 3.63) is 85.1 Å². The van der Waals surface area contributed by atoms with Gasteiger partial charge in [0.1, 0.15) is 13.2 Å². The smallest absolute Gasteiger partial charge is 0.306 e. The average Bonchev–Trinajstić information content (AvgIpc) is 3.29. The first-order chi connectivity index (χ1) is 31.5. The summed E-state index contributed by atoms with van der Waals surface area (Å²) in [7, 11) is 0. The van der Waals surface area contributed by atoms with Crippen LogP contribution in [0.15, 0.2) is 85.1 Å². The summed E-state index contributed by atoms with van der Waals surface area (Å²) in [4.78, 5) is 38.0. The highest BCUT2D eigenvalue weighted by atomic mass is 16.6. The first-order valence-electron chi connectivity index (χ1n) is 26.6. The van der Waals surface area contributed by atoms with Gasteiger partial charge in [0.05, 0.1) is 0 Å². The Labute approximate surface area is 395 Å². The molecule has 0 saturated heterocycles. The number of allylic oxidation sites excluding steroid dienone is 14. The highest BCUT2D eigenvalue weighted by Crippen LogP contribution is 2.15. The number of hydrogen-bond donors (Lipinski definition) is 0. The molecule has 0 amide bonds. The molecule has 366 valence electrons. The van der Waals surface area contributed by atoms with E-state index in [2.05, 4.69) is 106 Å². The van der Waals surface area contributed by atoms with Gasteiger partial charge in [0, 0.05) is 19.3 Å². The van der Waals surface area contributed by atoms with Gasteiger partial charge in [-0.2, -0.15) is 0 Å². The number of rotatable bonds is 47. The van der Waals surface area contributed by atoms with Crippen molar-refractivity contribution in [2.45, 2.75) is 252 Å². The van der Waals surface area contributed by atoms with Crippen molar-refractivity contribution in [2.24, 2.45) is 0 Å². The van der Waals surface area contributed by atoms with Gasteiger partial charge < -0.3 is 14.2 Å². The fourth-order valence-corrected chi connectivity index (χ4v) is 7.22. The molecule has 0 bridgehead atoms. The molecule has 0 aliphatic carbocycles. The van der Waals surface area contributed by atoms with Crippen LogP contribution in [0.2, 0.25) is 0 Å². The van der Waals surface area contributed by atoms with Gasteiger partial charge in [-0.1, -0.05) is 228 Å². The molecule has 64 heavy (non-hydrogen) atoms. The molecule has 0 fully saturated rings. The fourth-order valence-electron chi connectivity index (χ4n) is 7.22. The molecule has 0 aliphatic heterocycles. The van der Waals surface area contributed by atoms with E-state index in [1.165, 1.54) is 103 Å². The quantitative estimate of drug-likeness (QED) is 0.0262. The Bertz CT molecular complexity index is 1250. The van der Waals surface area contributed by atoms with Gasteiger partial charge in [-0.3, -0.25) is 14.4 Å². The molecule has 0 aromatic heterocycles. The zero-order chi connectivity index (χ0) is 46.5. The Morgan fingerprint density at radius 1 is 0.328 bits per heavy atom. The number of unbranched alkanes of at least 4 members (excludes halogenated alkanes) is 22. The van der Waals surface area contributed by atoms with Crippen molar-refractivity contribution in [2.75, 3.05) is 13.2 Å². The first-order valence-corrected chi connectivity index (χ1v) is 26.6. The van der Waals surface area contributed by atoms with Gasteiger partial charge in [0.15, 0.2) is 6.10 Å². The third-order valence-electron chi connectivity index (χ3n) is 11.1. The van der Waals surface area contributed by atoms with Crippen LogP contribution in [0.4, 0.5) is 0 Å². The second-order valence-corrected chi connectivity index (χ2v) is 17.4. The average molecular weight is 891 g/mol. The topological polar surface area (TPSA) is 78.9 Å². The van der Waals surface area contributed by atoms with E-state index in [0.717, 1.165) is 96.3 Å². The van der Waals surface area contributed by atoms with Crippen LogP contribution in [0.25, 0.3) is 0 Å². The maximum atomic E-state index is 12.8. The molecule has 6 nitrogen and oxygen atoms in total. The van der Waals surface area contributed by atoms with Crippen LogP contribution in [0, 0.1) is 0 Å². The van der Waals surface area contributed by atoms with E-state index in [-0.39, 0.29) is 37.5 Å². The SMILES string of the molecule is CC/C=C\C/C=C\C/C=C\C/C=C\C/C=C\CCCC(=O)OCC(COC(=O)CCCCCCCCC/C=C\C/C=C\CC)OC(=O)CCCCCCCCCCCCCCCCC. The van der Waals surface area contributed by atoms with Gasteiger partial charge in [-0.15, -0.1) is 0 Å². The van der Waals surface area contributed by atoms with Crippen LogP contribution in [-0.4, -0.2) is 37.2 Å². The summed E-state index contributed by atoms with van der Waals surface area (Å²) in [5.74, 6) is -0.962. The standard InChI is InChI=1S/C58H98O6/c1-4-7-10-13-16-19-22-25-28-29-31-33-36-39-42-45-48-51-57(60)63-54-55(53-62-56(59)50-47-44-41-38-35-32-27-24-21-18-15-12-9-6-3)64-58(61)52-49-46-43-40-37-34-30-26-23-20-17-14-11-8-5-2/h7,9-10,12,16,18-19,21,25,28,31,33,39,42,55H,4-6,8,11,13-15,17,20,22-24,26-27,29-30,32,34-38,40-41,43-54H2,1-3H3/b10-7-,12-9-,19-16-,21-18-,28-25-,33-31-,42-39-. The summed E-state index contributed by atoms with van der Waals surface area (Å²) < 4.78 is 16.8. The molecular formula is C58H98O6. The molecule has 0 rings (SSSR count). The summed E-state index contributed by atoms with van der Waals surface area (Å²) in [5.41, 5.74) is 0. The van der Waals surface area contributed by atoms with E-state index >= 15 is 0 Å². The lowest BCUT2D eigenvalue weighted by molar-refractivity contribution is -0.167. The summed E-state index contributed by atoms with van der Waals surface area (Å²) in [6.45, 7) is 6.37. The highest BCUT2D eigenvalue weighted by molar-refractivity contribution is 5.71. The zero-order valence-corrected chi connectivity index (χ0v) is 41.8. The predicted molar refractivity (Wildman–Crippen MR) is 274 cm³/mol. The van der Waals surface area contributed by atoms with Crippen molar-refractivity contribution in [1.82, 2.24) is 0 Å². The normalized spacial score (nSPS) is 12.7. The summed E-state index contributed by atoms with van der Waals surface area (Å²) in [5, 5.41) is 0. The minimum absolute atomic E-state index is 0.0971. The van der Waals surface area contributed by atoms with E-state index in [4.69, 9.17) is 14.2 Å². The van der Waals surface area contributed by atoms with Crippen molar-refractivity contribution >= 4 is 17.9 Å². The molecule has 0 N–H and O–H groups in total. The largest absolute Gasteiger partial charge is 0.462 e. The number of ether oxygens (including phenoxy) is 3. The third-order valence-corrected chi connectivity index (χ3v) is 11.1. The van der Waals surface area contributed by atoms with E-state index in [1.54, 1.807) is 0 Å². The molecule has 0 heterocycles. The number of carbonyl (C=O) groups excluding carboxylic acids is 3. The minimum atomic E-state index is -0.801. The second kappa shape index (κ2) is 52.2. The van der Waals surface area contributed by atoms with Gasteiger partial charge in [-0.25, -0.2) is 0 Å². The van der Waals surface area contributed by atoms with E-state index in [0.29, 0.717) is 19.3 Å². The molecule has 0 radical (unpaired) electrons. The van der Waals surface area contributed by atoms with Crippen LogP contribution >= 0.6 is 0 Å². The van der Waals surface area contributed by atoms with Gasteiger partial charge in [0.2, 0.25) is 0 Å². The van der Waals surface area contributed by atoms with Crippen LogP contribution < -0.4 is 0 Å². The lowest BCUT2D eigenvalue weighted by atomic mass is 10.0. The predicted octanol–water partition coefficient (Wildman–Crippen LogP) is 17.6. The first kappa shape index (κ1) is 60.6. The maximum Gasteiger partial charge on any atom is 0.306 e. The molecule has 0 saturated carbocycles. The molecule has 1 atom stereocenters. The molecule has 0 aromatic rings. The number of esters is 3. The minimum Gasteiger partial charge on any atom is -0.462 e. The van der Waals surface area contributed by atoms with Crippen LogP contribution in [0.1, 0.15) is 245 Å². The molecule has 1 unspecified atom stereocenters. The van der Waals surface area contributed by atoms with Crippen LogP contribution in [0.3, 0.4) is 0 Å². The van der Waals surface area contributed by atoms with Crippen molar-refractivity contribution in [3.63, 3.8) is 0 Å². The van der Waals surface area contributed by atoms with Crippen LogP contribution in [0.5, 0.6) is 0 Å². The number of hydrogen-bond acceptors (Lipinski definition) is 6. The third kappa shape index (κ3) is 49.6. The lowest BCUT2D eigenvalue weighted by Gasteiger charge is -2.18. The zero-order valence-electron chi connectivity index (χ0n) is 41.8. The monoisotopic (exact) mass is 891 g/mol. The summed E-state index contributed by atoms with van der Waals surface area (Å²) in [6, 6.07) is 0. The maximum absolute atomic E-state index is 12.8. The Kier molecular flexibility index (Phi) is 49.4. The van der Waals surface area contributed by atoms with Gasteiger partial charge in [-0.05, 0) is 83.5 Å². The Hall–Kier alpha value is -3.41. The molecular weight excluding hydrogens is 793 g/mol. The van der Waals surface area contributed by atoms with E-state index in [1.807, 2.05) is 0 Å². The summed E-state index contributed by atoms with van der Waals surface area (Å²) in [6.07, 6.45) is 67.1. The molecule has 0 spiro atoms.